The lowest BCUT2D eigenvalue weighted by Gasteiger charge is -2.10. The van der Waals surface area contributed by atoms with E-state index < -0.39 is 0 Å². The third-order valence-electron chi connectivity index (χ3n) is 2.52. The maximum atomic E-state index is 11.0. The Bertz CT molecular complexity index is 408. The molecule has 2 N–H and O–H groups in total. The molecule has 0 aliphatic heterocycles. The van der Waals surface area contributed by atoms with Crippen molar-refractivity contribution in [2.45, 2.75) is 13.3 Å². The third kappa shape index (κ3) is 3.82. The summed E-state index contributed by atoms with van der Waals surface area (Å²) in [5.74, 6) is 0.673. The summed E-state index contributed by atoms with van der Waals surface area (Å²) in [5, 5.41) is 5.82. The predicted octanol–water partition coefficient (Wildman–Crippen LogP) is 2.13. The Morgan fingerprint density at radius 3 is 2.76 bits per heavy atom. The Morgan fingerprint density at radius 1 is 1.47 bits per heavy atom. The number of aryl methyl sites for hydroxylation is 1. The Hall–Kier alpha value is -1.42. The van der Waals surface area contributed by atoms with Crippen LogP contribution in [0.2, 0.25) is 5.02 Å². The minimum atomic E-state index is -0.178. The lowest BCUT2D eigenvalue weighted by atomic mass is 10.1. The van der Waals surface area contributed by atoms with E-state index in [1.807, 2.05) is 19.1 Å². The van der Waals surface area contributed by atoms with Gasteiger partial charge >= 0.3 is 6.03 Å². The first-order chi connectivity index (χ1) is 8.08. The average Bonchev–Trinajstić information content (AvgIpc) is 2.32. The van der Waals surface area contributed by atoms with Gasteiger partial charge in [-0.1, -0.05) is 11.6 Å². The number of rotatable bonds is 4. The lowest BCUT2D eigenvalue weighted by Crippen LogP contribution is -2.34. The second-order valence-electron chi connectivity index (χ2n) is 3.67. The van der Waals surface area contributed by atoms with Gasteiger partial charge in [0.15, 0.2) is 0 Å². The van der Waals surface area contributed by atoms with Gasteiger partial charge in [0.2, 0.25) is 0 Å². The van der Waals surface area contributed by atoms with Gasteiger partial charge in [-0.2, -0.15) is 0 Å². The van der Waals surface area contributed by atoms with E-state index >= 15 is 0 Å². The van der Waals surface area contributed by atoms with Gasteiger partial charge in [0.25, 0.3) is 0 Å². The number of halogens is 1. The summed E-state index contributed by atoms with van der Waals surface area (Å²) in [6.07, 6.45) is 0.739. The van der Waals surface area contributed by atoms with Crippen LogP contribution in [0.3, 0.4) is 0 Å². The highest BCUT2D eigenvalue weighted by Crippen LogP contribution is 2.27. The molecule has 0 spiro atoms. The van der Waals surface area contributed by atoms with Crippen LogP contribution in [0.1, 0.15) is 11.1 Å². The Labute approximate surface area is 106 Å². The lowest BCUT2D eigenvalue weighted by molar-refractivity contribution is 0.243. The maximum Gasteiger partial charge on any atom is 0.314 e. The van der Waals surface area contributed by atoms with Gasteiger partial charge in [0.05, 0.1) is 12.1 Å². The molecule has 0 aliphatic carbocycles. The van der Waals surface area contributed by atoms with Crippen LogP contribution in [0.5, 0.6) is 5.75 Å². The fourth-order valence-corrected chi connectivity index (χ4v) is 1.78. The van der Waals surface area contributed by atoms with E-state index in [4.69, 9.17) is 16.3 Å². The highest BCUT2D eigenvalue weighted by molar-refractivity contribution is 6.32. The van der Waals surface area contributed by atoms with Gasteiger partial charge in [0.1, 0.15) is 5.75 Å². The zero-order chi connectivity index (χ0) is 12.8. The number of urea groups is 1. The van der Waals surface area contributed by atoms with Crippen molar-refractivity contribution in [3.63, 3.8) is 0 Å². The topological polar surface area (TPSA) is 50.4 Å². The molecule has 0 fully saturated rings. The third-order valence-corrected chi connectivity index (χ3v) is 2.81. The molecule has 0 atom stereocenters. The first-order valence-electron chi connectivity index (χ1n) is 5.37. The van der Waals surface area contributed by atoms with Crippen molar-refractivity contribution < 1.29 is 9.53 Å². The molecule has 5 heteroatoms. The predicted molar refractivity (Wildman–Crippen MR) is 68.9 cm³/mol. The molecule has 94 valence electrons. The van der Waals surface area contributed by atoms with Crippen LogP contribution in [-0.4, -0.2) is 26.7 Å². The van der Waals surface area contributed by atoms with E-state index in [2.05, 4.69) is 10.6 Å². The fourth-order valence-electron chi connectivity index (χ4n) is 1.52. The molecule has 0 radical (unpaired) electrons. The number of nitrogens with one attached hydrogen (secondary N) is 2. The quantitative estimate of drug-likeness (QED) is 0.867. The van der Waals surface area contributed by atoms with Crippen LogP contribution in [0.4, 0.5) is 4.79 Å². The molecule has 1 aromatic rings. The summed E-state index contributed by atoms with van der Waals surface area (Å²) in [4.78, 5) is 11.0. The Balaban J connectivity index is 2.65. The maximum absolute atomic E-state index is 11.0. The molecule has 0 saturated heterocycles. The summed E-state index contributed by atoms with van der Waals surface area (Å²) in [6, 6.07) is 3.60. The molecule has 0 aromatic heterocycles. The summed E-state index contributed by atoms with van der Waals surface area (Å²) in [5.41, 5.74) is 2.21. The van der Waals surface area contributed by atoms with Gasteiger partial charge in [0, 0.05) is 13.6 Å². The number of carbonyl (C=O) groups excluding carboxylic acids is 1. The van der Waals surface area contributed by atoms with Crippen LogP contribution < -0.4 is 15.4 Å². The normalized spacial score (nSPS) is 9.88. The van der Waals surface area contributed by atoms with Crippen molar-refractivity contribution in [2.75, 3.05) is 20.7 Å². The van der Waals surface area contributed by atoms with Gasteiger partial charge in [-0.05, 0) is 36.6 Å². The number of amides is 2. The van der Waals surface area contributed by atoms with Gasteiger partial charge in [-0.25, -0.2) is 4.79 Å². The molecule has 2 amide bonds. The zero-order valence-corrected chi connectivity index (χ0v) is 11.0. The standard InChI is InChI=1S/C12H17ClN2O2/c1-8-6-11(17-3)10(13)7-9(8)4-5-15-12(16)14-2/h6-7H,4-5H2,1-3H3,(H2,14,15,16). The van der Waals surface area contributed by atoms with Crippen LogP contribution in [0, 0.1) is 6.92 Å². The first kappa shape index (κ1) is 13.6. The highest BCUT2D eigenvalue weighted by atomic mass is 35.5. The smallest absolute Gasteiger partial charge is 0.314 e. The number of carbonyl (C=O) groups is 1. The molecular formula is C12H17ClN2O2. The van der Waals surface area contributed by atoms with Crippen LogP contribution in [-0.2, 0) is 6.42 Å². The van der Waals surface area contributed by atoms with Crippen molar-refractivity contribution in [3.8, 4) is 5.75 Å². The summed E-state index contributed by atoms with van der Waals surface area (Å²) in [7, 11) is 3.18. The first-order valence-corrected chi connectivity index (χ1v) is 5.75. The van der Waals surface area contributed by atoms with Gasteiger partial charge < -0.3 is 15.4 Å². The summed E-state index contributed by atoms with van der Waals surface area (Å²) in [6.45, 7) is 2.57. The molecule has 0 saturated carbocycles. The SMILES string of the molecule is CNC(=O)NCCc1cc(Cl)c(OC)cc1C. The van der Waals surface area contributed by atoms with E-state index in [-0.39, 0.29) is 6.03 Å². The van der Waals surface area contributed by atoms with E-state index in [1.54, 1.807) is 14.2 Å². The zero-order valence-electron chi connectivity index (χ0n) is 10.3. The largest absolute Gasteiger partial charge is 0.495 e. The van der Waals surface area contributed by atoms with E-state index in [0.29, 0.717) is 17.3 Å². The molecule has 1 rings (SSSR count). The Kier molecular flexibility index (Phi) is 5.10. The summed E-state index contributed by atoms with van der Waals surface area (Å²) >= 11 is 6.05. The van der Waals surface area contributed by atoms with Crippen molar-refractivity contribution >= 4 is 17.6 Å². The van der Waals surface area contributed by atoms with E-state index in [1.165, 1.54) is 0 Å². The minimum absolute atomic E-state index is 0.178. The molecular weight excluding hydrogens is 240 g/mol. The van der Waals surface area contributed by atoms with Crippen molar-refractivity contribution in [1.82, 2.24) is 10.6 Å². The van der Waals surface area contributed by atoms with Gasteiger partial charge in [-0.15, -0.1) is 0 Å². The van der Waals surface area contributed by atoms with Crippen LogP contribution >= 0.6 is 11.6 Å². The molecule has 0 bridgehead atoms. The van der Waals surface area contributed by atoms with Gasteiger partial charge in [-0.3, -0.25) is 0 Å². The summed E-state index contributed by atoms with van der Waals surface area (Å²) < 4.78 is 5.13. The minimum Gasteiger partial charge on any atom is -0.495 e. The number of hydrogen-bond acceptors (Lipinski definition) is 2. The van der Waals surface area contributed by atoms with Crippen LogP contribution in [0.25, 0.3) is 0 Å². The van der Waals surface area contributed by atoms with Crippen molar-refractivity contribution in [2.24, 2.45) is 0 Å². The highest BCUT2D eigenvalue weighted by Gasteiger charge is 2.06. The average molecular weight is 257 g/mol. The molecule has 0 unspecified atom stereocenters. The molecule has 4 nitrogen and oxygen atoms in total. The molecule has 0 aliphatic rings. The molecule has 1 aromatic carbocycles. The fraction of sp³-hybridized carbons (Fsp3) is 0.417. The van der Waals surface area contributed by atoms with Crippen LogP contribution in [0.15, 0.2) is 12.1 Å². The van der Waals surface area contributed by atoms with Crippen molar-refractivity contribution in [3.05, 3.63) is 28.3 Å². The Morgan fingerprint density at radius 2 is 2.18 bits per heavy atom. The van der Waals surface area contributed by atoms with Crippen molar-refractivity contribution in [1.29, 1.82) is 0 Å². The molecule has 17 heavy (non-hydrogen) atoms. The number of methoxy groups -OCH3 is 1. The number of benzene rings is 1. The number of ether oxygens (including phenoxy) is 1. The molecule has 0 heterocycles. The van der Waals surface area contributed by atoms with E-state index in [9.17, 15) is 4.79 Å². The second-order valence-corrected chi connectivity index (χ2v) is 4.08. The monoisotopic (exact) mass is 256 g/mol. The number of hydrogen-bond donors (Lipinski definition) is 2. The van der Waals surface area contributed by atoms with E-state index in [0.717, 1.165) is 17.5 Å². The second kappa shape index (κ2) is 6.35.